The van der Waals surface area contributed by atoms with Crippen molar-refractivity contribution in [1.82, 2.24) is 0 Å². The third kappa shape index (κ3) is 2.93. The normalized spacial score (nSPS) is 12.5. The van der Waals surface area contributed by atoms with Crippen LogP contribution in [-0.4, -0.2) is 0 Å². The molecule has 0 aliphatic heterocycles. The van der Waals surface area contributed by atoms with E-state index in [-0.39, 0.29) is 11.2 Å². The molecule has 1 unspecified atom stereocenters. The van der Waals surface area contributed by atoms with E-state index in [1.54, 1.807) is 19.1 Å². The lowest BCUT2D eigenvalue weighted by atomic mass is 9.97. The summed E-state index contributed by atoms with van der Waals surface area (Å²) in [6.07, 6.45) is 0. The first-order valence-corrected chi connectivity index (χ1v) is 6.88. The molecule has 0 aliphatic carbocycles. The minimum Gasteiger partial charge on any atom is -0.207 e. The van der Waals surface area contributed by atoms with Crippen LogP contribution in [0.2, 0.25) is 5.02 Å². The SMILES string of the molecule is Cc1cc(C(Cl)c2cc(C)c(Cl)cc2C)ccc1F. The molecule has 0 N–H and O–H groups in total. The van der Waals surface area contributed by atoms with Gasteiger partial charge in [0, 0.05) is 5.02 Å². The first-order chi connectivity index (χ1) is 8.90. The summed E-state index contributed by atoms with van der Waals surface area (Å²) < 4.78 is 13.3. The van der Waals surface area contributed by atoms with Gasteiger partial charge in [-0.25, -0.2) is 4.39 Å². The second-order valence-electron chi connectivity index (χ2n) is 4.83. The molecule has 2 rings (SSSR count). The lowest BCUT2D eigenvalue weighted by molar-refractivity contribution is 0.617. The molecule has 0 saturated carbocycles. The van der Waals surface area contributed by atoms with Crippen molar-refractivity contribution in [3.63, 3.8) is 0 Å². The molecule has 3 heteroatoms. The van der Waals surface area contributed by atoms with Gasteiger partial charge in [-0.1, -0.05) is 29.8 Å². The number of halogens is 3. The quantitative estimate of drug-likeness (QED) is 0.621. The van der Waals surface area contributed by atoms with Gasteiger partial charge < -0.3 is 0 Å². The second-order valence-corrected chi connectivity index (χ2v) is 5.67. The summed E-state index contributed by atoms with van der Waals surface area (Å²) in [6, 6.07) is 8.88. The number of benzene rings is 2. The Bertz CT molecular complexity index is 620. The molecule has 0 fully saturated rings. The van der Waals surface area contributed by atoms with Crippen LogP contribution in [-0.2, 0) is 0 Å². The van der Waals surface area contributed by atoms with E-state index in [4.69, 9.17) is 23.2 Å². The van der Waals surface area contributed by atoms with Crippen molar-refractivity contribution >= 4 is 23.2 Å². The van der Waals surface area contributed by atoms with Gasteiger partial charge in [0.1, 0.15) is 5.82 Å². The van der Waals surface area contributed by atoms with Gasteiger partial charge in [0.25, 0.3) is 0 Å². The summed E-state index contributed by atoms with van der Waals surface area (Å²) in [5.41, 5.74) is 4.54. The molecule has 0 radical (unpaired) electrons. The molecule has 2 aromatic rings. The molecule has 0 amide bonds. The Morgan fingerprint density at radius 2 is 1.63 bits per heavy atom. The van der Waals surface area contributed by atoms with Gasteiger partial charge in [-0.2, -0.15) is 0 Å². The molecule has 0 spiro atoms. The van der Waals surface area contributed by atoms with Crippen LogP contribution in [0.4, 0.5) is 4.39 Å². The minimum atomic E-state index is -0.296. The van der Waals surface area contributed by atoms with Crippen LogP contribution in [0.5, 0.6) is 0 Å². The van der Waals surface area contributed by atoms with E-state index in [9.17, 15) is 4.39 Å². The van der Waals surface area contributed by atoms with E-state index in [2.05, 4.69) is 0 Å². The van der Waals surface area contributed by atoms with Gasteiger partial charge in [0.15, 0.2) is 0 Å². The summed E-state index contributed by atoms with van der Waals surface area (Å²) in [4.78, 5) is 0. The average molecular weight is 297 g/mol. The van der Waals surface area contributed by atoms with Gasteiger partial charge in [0.05, 0.1) is 5.38 Å². The van der Waals surface area contributed by atoms with Crippen molar-refractivity contribution in [1.29, 1.82) is 0 Å². The molecule has 0 aromatic heterocycles. The van der Waals surface area contributed by atoms with E-state index in [0.29, 0.717) is 5.56 Å². The van der Waals surface area contributed by atoms with Crippen LogP contribution >= 0.6 is 23.2 Å². The van der Waals surface area contributed by atoms with Crippen LogP contribution in [0.1, 0.15) is 33.2 Å². The van der Waals surface area contributed by atoms with Crippen molar-refractivity contribution in [3.8, 4) is 0 Å². The zero-order valence-corrected chi connectivity index (χ0v) is 12.6. The summed E-state index contributed by atoms with van der Waals surface area (Å²) in [5.74, 6) is -0.211. The zero-order chi connectivity index (χ0) is 14.2. The average Bonchev–Trinajstić information content (AvgIpc) is 2.36. The Hall–Kier alpha value is -1.05. The van der Waals surface area contributed by atoms with Crippen LogP contribution in [0.25, 0.3) is 0 Å². The fourth-order valence-electron chi connectivity index (χ4n) is 2.08. The topological polar surface area (TPSA) is 0 Å². The van der Waals surface area contributed by atoms with Gasteiger partial charge in [-0.15, -0.1) is 11.6 Å². The standard InChI is InChI=1S/C16H15Cl2F/c1-9-8-14(17)10(2)7-13(9)16(18)12-4-5-15(19)11(3)6-12/h4-8,16H,1-3H3. The fraction of sp³-hybridized carbons (Fsp3) is 0.250. The molecule has 19 heavy (non-hydrogen) atoms. The molecule has 1 atom stereocenters. The highest BCUT2D eigenvalue weighted by atomic mass is 35.5. The largest absolute Gasteiger partial charge is 0.207 e. The van der Waals surface area contributed by atoms with Gasteiger partial charge in [-0.3, -0.25) is 0 Å². The van der Waals surface area contributed by atoms with E-state index in [1.165, 1.54) is 6.07 Å². The molecule has 0 nitrogen and oxygen atoms in total. The summed E-state index contributed by atoms with van der Waals surface area (Å²) in [7, 11) is 0. The first kappa shape index (κ1) is 14.4. The first-order valence-electron chi connectivity index (χ1n) is 6.07. The molecule has 0 heterocycles. The summed E-state index contributed by atoms with van der Waals surface area (Å²) in [6.45, 7) is 5.67. The van der Waals surface area contributed by atoms with E-state index in [0.717, 1.165) is 27.3 Å². The van der Waals surface area contributed by atoms with Gasteiger partial charge >= 0.3 is 0 Å². The third-order valence-electron chi connectivity index (χ3n) is 3.30. The predicted molar refractivity (Wildman–Crippen MR) is 79.8 cm³/mol. The summed E-state index contributed by atoms with van der Waals surface area (Å²) >= 11 is 12.6. The number of alkyl halides is 1. The van der Waals surface area contributed by atoms with Gasteiger partial charge in [0.2, 0.25) is 0 Å². The van der Waals surface area contributed by atoms with Crippen molar-refractivity contribution in [2.24, 2.45) is 0 Å². The Labute approximate surface area is 123 Å². The zero-order valence-electron chi connectivity index (χ0n) is 11.1. The third-order valence-corrected chi connectivity index (χ3v) is 4.19. The molecular weight excluding hydrogens is 282 g/mol. The monoisotopic (exact) mass is 296 g/mol. The molecular formula is C16H15Cl2F. The van der Waals surface area contributed by atoms with Crippen molar-refractivity contribution in [2.75, 3.05) is 0 Å². The van der Waals surface area contributed by atoms with Crippen molar-refractivity contribution in [2.45, 2.75) is 26.1 Å². The number of hydrogen-bond acceptors (Lipinski definition) is 0. The van der Waals surface area contributed by atoms with E-state index < -0.39 is 0 Å². The van der Waals surface area contributed by atoms with Crippen molar-refractivity contribution < 1.29 is 4.39 Å². The second kappa shape index (κ2) is 5.52. The van der Waals surface area contributed by atoms with E-state index >= 15 is 0 Å². The van der Waals surface area contributed by atoms with Crippen molar-refractivity contribution in [3.05, 3.63) is 69.0 Å². The molecule has 0 bridgehead atoms. The number of rotatable bonds is 2. The summed E-state index contributed by atoms with van der Waals surface area (Å²) in [5, 5.41) is 0.440. The predicted octanol–water partition coefficient (Wildman–Crippen LogP) is 5.73. The highest BCUT2D eigenvalue weighted by Gasteiger charge is 2.15. The smallest absolute Gasteiger partial charge is 0.126 e. The maximum atomic E-state index is 13.3. The van der Waals surface area contributed by atoms with E-state index in [1.807, 2.05) is 26.0 Å². The lowest BCUT2D eigenvalue weighted by Crippen LogP contribution is -1.99. The van der Waals surface area contributed by atoms with Crippen LogP contribution in [0.3, 0.4) is 0 Å². The Balaban J connectivity index is 2.46. The maximum absolute atomic E-state index is 13.3. The molecule has 0 aliphatic rings. The fourth-order valence-corrected chi connectivity index (χ4v) is 2.67. The molecule has 100 valence electrons. The highest BCUT2D eigenvalue weighted by molar-refractivity contribution is 6.31. The van der Waals surface area contributed by atoms with Crippen LogP contribution < -0.4 is 0 Å². The number of hydrogen-bond donors (Lipinski definition) is 0. The Kier molecular flexibility index (Phi) is 4.17. The van der Waals surface area contributed by atoms with Crippen LogP contribution in [0, 0.1) is 26.6 Å². The highest BCUT2D eigenvalue weighted by Crippen LogP contribution is 2.34. The maximum Gasteiger partial charge on any atom is 0.126 e. The minimum absolute atomic E-state index is 0.211. The Morgan fingerprint density at radius 1 is 0.947 bits per heavy atom. The van der Waals surface area contributed by atoms with Crippen LogP contribution in [0.15, 0.2) is 30.3 Å². The number of aryl methyl sites for hydroxylation is 3. The lowest BCUT2D eigenvalue weighted by Gasteiger charge is -2.15. The van der Waals surface area contributed by atoms with Gasteiger partial charge in [-0.05, 0) is 60.7 Å². The molecule has 0 saturated heterocycles. The Morgan fingerprint density at radius 3 is 2.26 bits per heavy atom. The molecule has 2 aromatic carbocycles.